The Balaban J connectivity index is 1.41. The third-order valence-corrected chi connectivity index (χ3v) is 7.88. The van der Waals surface area contributed by atoms with E-state index in [0.29, 0.717) is 23.4 Å². The summed E-state index contributed by atoms with van der Waals surface area (Å²) in [4.78, 5) is 18.6. The number of rotatable bonds is 7. The van der Waals surface area contributed by atoms with Gasteiger partial charge in [0, 0.05) is 47.5 Å². The normalized spacial score (nSPS) is 17.9. The summed E-state index contributed by atoms with van der Waals surface area (Å²) in [6, 6.07) is 12.5. The number of amides is 1. The molecule has 0 saturated carbocycles. The number of benzene rings is 2. The van der Waals surface area contributed by atoms with Crippen LogP contribution in [-0.4, -0.2) is 70.7 Å². The zero-order chi connectivity index (χ0) is 24.6. The molecule has 1 fully saturated rings. The number of hydrogen-bond donors (Lipinski definition) is 3. The smallest absolute Gasteiger partial charge is 0.256 e. The van der Waals surface area contributed by atoms with E-state index in [1.807, 2.05) is 31.2 Å². The van der Waals surface area contributed by atoms with Crippen LogP contribution in [-0.2, 0) is 19.6 Å². The van der Waals surface area contributed by atoms with Crippen molar-refractivity contribution in [2.45, 2.75) is 11.8 Å². The van der Waals surface area contributed by atoms with Gasteiger partial charge in [0.2, 0.25) is 10.0 Å². The fourth-order valence-electron chi connectivity index (χ4n) is 4.46. The second-order valence-corrected chi connectivity index (χ2v) is 10.5. The Kier molecular flexibility index (Phi) is 6.37. The van der Waals surface area contributed by atoms with E-state index in [0.717, 1.165) is 60.8 Å². The maximum absolute atomic E-state index is 12.8. The van der Waals surface area contributed by atoms with E-state index in [1.54, 1.807) is 6.07 Å². The van der Waals surface area contributed by atoms with Crippen molar-refractivity contribution >= 4 is 43.7 Å². The first-order valence-electron chi connectivity index (χ1n) is 11.5. The number of H-pyrrole nitrogens is 1. The van der Waals surface area contributed by atoms with Gasteiger partial charge in [-0.15, -0.1) is 0 Å². The Morgan fingerprint density at radius 2 is 1.94 bits per heavy atom. The molecule has 0 unspecified atom stereocenters. The molecule has 0 atom stereocenters. The van der Waals surface area contributed by atoms with E-state index in [9.17, 15) is 13.2 Å². The maximum atomic E-state index is 12.8. The topological polar surface area (TPSA) is 113 Å². The second kappa shape index (κ2) is 9.46. The molecule has 0 bridgehead atoms. The molecule has 1 amide bonds. The summed E-state index contributed by atoms with van der Waals surface area (Å²) in [7, 11) is -2.27. The van der Waals surface area contributed by atoms with Gasteiger partial charge in [0.15, 0.2) is 0 Å². The zero-order valence-corrected chi connectivity index (χ0v) is 20.5. The molecule has 0 aliphatic carbocycles. The Hall–Kier alpha value is -3.18. The Labute approximate surface area is 204 Å². The highest BCUT2D eigenvalue weighted by atomic mass is 32.2. The molecule has 2 aliphatic heterocycles. The lowest BCUT2D eigenvalue weighted by Crippen LogP contribution is -2.38. The van der Waals surface area contributed by atoms with Gasteiger partial charge >= 0.3 is 0 Å². The van der Waals surface area contributed by atoms with Crippen LogP contribution < -0.4 is 14.8 Å². The number of carbonyl (C=O) groups is 1. The van der Waals surface area contributed by atoms with Crippen LogP contribution in [0.4, 0.5) is 5.69 Å². The van der Waals surface area contributed by atoms with Crippen LogP contribution in [0.15, 0.2) is 47.4 Å². The quantitative estimate of drug-likeness (QED) is 0.434. The highest BCUT2D eigenvalue weighted by Gasteiger charge is 2.29. The number of aromatic nitrogens is 1. The third-order valence-electron chi connectivity index (χ3n) is 6.47. The lowest BCUT2D eigenvalue weighted by Gasteiger charge is -2.26. The van der Waals surface area contributed by atoms with Crippen molar-refractivity contribution < 1.29 is 22.7 Å². The van der Waals surface area contributed by atoms with E-state index in [-0.39, 0.29) is 10.8 Å². The Bertz CT molecular complexity index is 1420. The minimum absolute atomic E-state index is 0.107. The van der Waals surface area contributed by atoms with Crippen LogP contribution in [0.1, 0.15) is 18.2 Å². The molecule has 10 heteroatoms. The van der Waals surface area contributed by atoms with Gasteiger partial charge in [-0.25, -0.2) is 13.1 Å². The predicted molar refractivity (Wildman–Crippen MR) is 135 cm³/mol. The van der Waals surface area contributed by atoms with Crippen molar-refractivity contribution in [1.29, 1.82) is 0 Å². The van der Waals surface area contributed by atoms with Crippen molar-refractivity contribution in [2.75, 3.05) is 51.8 Å². The summed E-state index contributed by atoms with van der Waals surface area (Å²) in [6.45, 7) is 6.69. The van der Waals surface area contributed by atoms with E-state index < -0.39 is 10.0 Å². The molecule has 184 valence electrons. The summed E-state index contributed by atoms with van der Waals surface area (Å²) in [5, 5.41) is 3.80. The number of nitrogens with zero attached hydrogens (tertiary/aromatic N) is 1. The molecule has 5 rings (SSSR count). The molecule has 2 aliphatic rings. The first kappa shape index (κ1) is 23.6. The lowest BCUT2D eigenvalue weighted by atomic mass is 10.00. The van der Waals surface area contributed by atoms with E-state index >= 15 is 0 Å². The highest BCUT2D eigenvalue weighted by Crippen LogP contribution is 2.38. The molecule has 3 aromatic rings. The molecular formula is C25H28N4O5S. The van der Waals surface area contributed by atoms with Gasteiger partial charge in [-0.2, -0.15) is 0 Å². The van der Waals surface area contributed by atoms with Crippen LogP contribution in [0.25, 0.3) is 22.0 Å². The Morgan fingerprint density at radius 3 is 2.71 bits per heavy atom. The number of sulfonamides is 1. The monoisotopic (exact) mass is 496 g/mol. The fourth-order valence-corrected chi connectivity index (χ4v) is 5.21. The predicted octanol–water partition coefficient (Wildman–Crippen LogP) is 2.67. The van der Waals surface area contributed by atoms with E-state index in [2.05, 4.69) is 19.9 Å². The van der Waals surface area contributed by atoms with Crippen molar-refractivity contribution in [3.05, 3.63) is 53.7 Å². The minimum Gasteiger partial charge on any atom is -0.492 e. The average molecular weight is 497 g/mol. The van der Waals surface area contributed by atoms with Crippen molar-refractivity contribution in [3.63, 3.8) is 0 Å². The zero-order valence-electron chi connectivity index (χ0n) is 19.7. The molecule has 1 saturated heterocycles. The molecule has 0 spiro atoms. The molecule has 9 nitrogen and oxygen atoms in total. The van der Waals surface area contributed by atoms with E-state index in [1.165, 1.54) is 19.2 Å². The number of carbonyl (C=O) groups excluding carboxylic acids is 1. The van der Waals surface area contributed by atoms with Gasteiger partial charge in [-0.3, -0.25) is 9.69 Å². The van der Waals surface area contributed by atoms with Gasteiger partial charge in [-0.1, -0.05) is 0 Å². The van der Waals surface area contributed by atoms with Gasteiger partial charge < -0.3 is 19.8 Å². The SMILES string of the molecule is CNS(=O)(=O)c1ccc2c(c1)/C(=C(\C)c1cc3cc(OCCN4CCOCC4)ccc3[nH]1)C(=O)N2. The van der Waals surface area contributed by atoms with Crippen LogP contribution in [0.5, 0.6) is 5.75 Å². The van der Waals surface area contributed by atoms with Crippen molar-refractivity contribution in [2.24, 2.45) is 0 Å². The molecule has 2 aromatic carbocycles. The van der Waals surface area contributed by atoms with Crippen molar-refractivity contribution in [1.82, 2.24) is 14.6 Å². The molecule has 3 N–H and O–H groups in total. The second-order valence-electron chi connectivity index (χ2n) is 8.60. The number of hydrogen-bond acceptors (Lipinski definition) is 6. The summed E-state index contributed by atoms with van der Waals surface area (Å²) >= 11 is 0. The molecule has 1 aromatic heterocycles. The number of ether oxygens (including phenoxy) is 2. The third kappa shape index (κ3) is 4.70. The van der Waals surface area contributed by atoms with Crippen LogP contribution in [0, 0.1) is 0 Å². The maximum Gasteiger partial charge on any atom is 0.256 e. The first-order valence-corrected chi connectivity index (χ1v) is 13.0. The first-order chi connectivity index (χ1) is 16.9. The van der Waals surface area contributed by atoms with Gasteiger partial charge in [0.1, 0.15) is 12.4 Å². The molecule has 0 radical (unpaired) electrons. The lowest BCUT2D eigenvalue weighted by molar-refractivity contribution is -0.110. The molecular weight excluding hydrogens is 468 g/mol. The van der Waals surface area contributed by atoms with Crippen molar-refractivity contribution in [3.8, 4) is 5.75 Å². The van der Waals surface area contributed by atoms with Crippen LogP contribution >= 0.6 is 0 Å². The number of nitrogens with one attached hydrogen (secondary N) is 3. The van der Waals surface area contributed by atoms with Gasteiger partial charge in [-0.05, 0) is 62.0 Å². The standard InChI is InChI=1S/C25H28N4O5S/c1-16(24-20-15-19(35(31,32)26-2)4-6-22(20)28-25(24)30)23-14-17-13-18(3-5-21(17)27-23)34-12-9-29-7-10-33-11-8-29/h3-6,13-15,26-27H,7-12H2,1-2H3,(H,28,30)/b24-16-. The summed E-state index contributed by atoms with van der Waals surface area (Å²) in [6.07, 6.45) is 0. The Morgan fingerprint density at radius 1 is 1.14 bits per heavy atom. The highest BCUT2D eigenvalue weighted by molar-refractivity contribution is 7.89. The summed E-state index contributed by atoms with van der Waals surface area (Å²) in [5.74, 6) is 0.523. The number of anilines is 1. The molecule has 35 heavy (non-hydrogen) atoms. The van der Waals surface area contributed by atoms with Crippen LogP contribution in [0.3, 0.4) is 0 Å². The van der Waals surface area contributed by atoms with Gasteiger partial charge in [0.25, 0.3) is 5.91 Å². The largest absolute Gasteiger partial charge is 0.492 e. The van der Waals surface area contributed by atoms with E-state index in [4.69, 9.17) is 9.47 Å². The van der Waals surface area contributed by atoms with Crippen LogP contribution in [0.2, 0.25) is 0 Å². The summed E-state index contributed by atoms with van der Waals surface area (Å²) < 4.78 is 38.2. The summed E-state index contributed by atoms with van der Waals surface area (Å²) in [5.41, 5.74) is 4.03. The number of morpholine rings is 1. The average Bonchev–Trinajstić information content (AvgIpc) is 3.43. The number of fused-ring (bicyclic) bond motifs is 2. The minimum atomic E-state index is -3.63. The number of aromatic amines is 1. The molecule has 3 heterocycles. The number of allylic oxidation sites excluding steroid dienone is 1. The fraction of sp³-hybridized carbons (Fsp3) is 0.320. The van der Waals surface area contributed by atoms with Gasteiger partial charge in [0.05, 0.1) is 23.7 Å².